The van der Waals surface area contributed by atoms with E-state index < -0.39 is 17.8 Å². The van der Waals surface area contributed by atoms with Crippen LogP contribution in [0.5, 0.6) is 5.75 Å². The van der Waals surface area contributed by atoms with Crippen molar-refractivity contribution in [2.75, 3.05) is 0 Å². The summed E-state index contributed by atoms with van der Waals surface area (Å²) in [6, 6.07) is 14.3. The number of rotatable bonds is 4. The molecule has 3 amide bonds. The van der Waals surface area contributed by atoms with Gasteiger partial charge in [0.15, 0.2) is 5.75 Å². The van der Waals surface area contributed by atoms with Gasteiger partial charge in [0.05, 0.1) is 5.52 Å². The number of para-hydroxylation sites is 1. The average molecular weight is 475 g/mol. The number of hydrazine groups is 1. The van der Waals surface area contributed by atoms with Crippen molar-refractivity contribution in [3.05, 3.63) is 71.7 Å². The van der Waals surface area contributed by atoms with Crippen molar-refractivity contribution in [3.63, 3.8) is 0 Å². The number of halogens is 1. The number of hydroxylamine groups is 1. The Morgan fingerprint density at radius 3 is 2.26 bits per heavy atom. The maximum Gasteiger partial charge on any atom is 0.366 e. The van der Waals surface area contributed by atoms with Crippen molar-refractivity contribution in [3.8, 4) is 5.75 Å². The van der Waals surface area contributed by atoms with E-state index in [1.807, 2.05) is 24.3 Å². The molecule has 0 atom stereocenters. The zero-order valence-electron chi connectivity index (χ0n) is 19.2. The van der Waals surface area contributed by atoms with Gasteiger partial charge in [0.1, 0.15) is 11.5 Å². The molecule has 0 aliphatic heterocycles. The lowest BCUT2D eigenvalue weighted by molar-refractivity contribution is -0.00454. The second-order valence-corrected chi connectivity index (χ2v) is 10.3. The molecule has 0 unspecified atom stereocenters. The minimum Gasteiger partial charge on any atom is -0.378 e. The molecule has 35 heavy (non-hydrogen) atoms. The lowest BCUT2D eigenvalue weighted by Crippen LogP contribution is -2.49. The second kappa shape index (κ2) is 8.52. The van der Waals surface area contributed by atoms with Gasteiger partial charge in [-0.25, -0.2) is 19.6 Å². The number of fused-ring (bicyclic) bond motifs is 1. The Morgan fingerprint density at radius 2 is 1.57 bits per heavy atom. The Labute approximate surface area is 202 Å². The molecule has 3 aromatic rings. The molecule has 8 heteroatoms. The zero-order chi connectivity index (χ0) is 24.0. The number of aromatic nitrogens is 1. The fourth-order valence-electron chi connectivity index (χ4n) is 6.98. The molecule has 4 saturated carbocycles. The van der Waals surface area contributed by atoms with Gasteiger partial charge in [-0.3, -0.25) is 10.2 Å². The molecule has 0 saturated heterocycles. The first-order valence-corrected chi connectivity index (χ1v) is 12.2. The Hall–Kier alpha value is -3.68. The predicted molar refractivity (Wildman–Crippen MR) is 128 cm³/mol. The van der Waals surface area contributed by atoms with E-state index in [2.05, 4.69) is 27.4 Å². The summed E-state index contributed by atoms with van der Waals surface area (Å²) in [5.74, 6) is 1.67. The van der Waals surface area contributed by atoms with E-state index in [1.54, 1.807) is 0 Å². The molecular weight excluding hydrogens is 447 g/mol. The summed E-state index contributed by atoms with van der Waals surface area (Å²) in [6.07, 6.45) is 7.55. The van der Waals surface area contributed by atoms with Crippen molar-refractivity contribution in [2.45, 2.75) is 43.9 Å². The lowest BCUT2D eigenvalue weighted by atomic mass is 9.48. The second-order valence-electron chi connectivity index (χ2n) is 10.3. The molecular formula is C27H27FN4O3. The highest BCUT2D eigenvalue weighted by Gasteiger charge is 2.52. The van der Waals surface area contributed by atoms with E-state index in [1.165, 1.54) is 68.4 Å². The van der Waals surface area contributed by atoms with Gasteiger partial charge in [0.2, 0.25) is 0 Å². The maximum atomic E-state index is 13.0. The van der Waals surface area contributed by atoms with Crippen LogP contribution in [0.2, 0.25) is 0 Å². The van der Waals surface area contributed by atoms with E-state index in [4.69, 9.17) is 4.84 Å². The zero-order valence-corrected chi connectivity index (χ0v) is 19.2. The van der Waals surface area contributed by atoms with Gasteiger partial charge in [-0.1, -0.05) is 18.2 Å². The van der Waals surface area contributed by atoms with Gasteiger partial charge in [-0.2, -0.15) is 5.48 Å². The first-order chi connectivity index (χ1) is 17.0. The number of benzene rings is 2. The summed E-state index contributed by atoms with van der Waals surface area (Å²) in [5.41, 5.74) is 9.21. The Kier molecular flexibility index (Phi) is 5.31. The number of carbonyl (C=O) groups is 2. The van der Waals surface area contributed by atoms with Gasteiger partial charge in [0.25, 0.3) is 5.91 Å². The molecule has 4 bridgehead atoms. The molecule has 1 heterocycles. The third-order valence-electron chi connectivity index (χ3n) is 7.92. The number of pyridine rings is 1. The van der Waals surface area contributed by atoms with Crippen molar-refractivity contribution in [2.24, 2.45) is 17.8 Å². The van der Waals surface area contributed by atoms with Crippen LogP contribution in [0.25, 0.3) is 10.9 Å². The molecule has 7 nitrogen and oxygen atoms in total. The SMILES string of the molecule is O=C(NNC(=O)c1cc(C23CC4CC(CC(C4)C2)C3)c2ccccc2n1)NOc1ccc(F)cc1. The van der Waals surface area contributed by atoms with Crippen LogP contribution in [-0.4, -0.2) is 16.9 Å². The molecule has 180 valence electrons. The average Bonchev–Trinajstić information content (AvgIpc) is 2.85. The highest BCUT2D eigenvalue weighted by molar-refractivity contribution is 5.97. The van der Waals surface area contributed by atoms with Crippen LogP contribution in [0.4, 0.5) is 9.18 Å². The Balaban J connectivity index is 1.20. The van der Waals surface area contributed by atoms with Crippen LogP contribution in [0.3, 0.4) is 0 Å². The van der Waals surface area contributed by atoms with Crippen LogP contribution in [0.1, 0.15) is 54.6 Å². The summed E-state index contributed by atoms with van der Waals surface area (Å²) in [4.78, 5) is 34.7. The van der Waals surface area contributed by atoms with Crippen LogP contribution >= 0.6 is 0 Å². The monoisotopic (exact) mass is 474 g/mol. The normalized spacial score (nSPS) is 26.4. The van der Waals surface area contributed by atoms with E-state index in [0.29, 0.717) is 0 Å². The summed E-state index contributed by atoms with van der Waals surface area (Å²) < 4.78 is 13.0. The molecule has 3 N–H and O–H groups in total. The van der Waals surface area contributed by atoms with Gasteiger partial charge in [0, 0.05) is 5.39 Å². The van der Waals surface area contributed by atoms with E-state index in [-0.39, 0.29) is 16.9 Å². The number of hydrogen-bond acceptors (Lipinski definition) is 4. The third-order valence-corrected chi connectivity index (χ3v) is 7.92. The van der Waals surface area contributed by atoms with Gasteiger partial charge in [-0.05, 0) is 104 Å². The topological polar surface area (TPSA) is 92.4 Å². The summed E-state index contributed by atoms with van der Waals surface area (Å²) in [7, 11) is 0. The number of nitrogens with zero attached hydrogens (tertiary/aromatic N) is 1. The van der Waals surface area contributed by atoms with Crippen molar-refractivity contribution >= 4 is 22.8 Å². The number of nitrogens with one attached hydrogen (secondary N) is 3. The van der Waals surface area contributed by atoms with Gasteiger partial charge < -0.3 is 4.84 Å². The molecule has 0 radical (unpaired) electrons. The third kappa shape index (κ3) is 4.17. The molecule has 0 spiro atoms. The van der Waals surface area contributed by atoms with Gasteiger partial charge >= 0.3 is 6.03 Å². The first-order valence-electron chi connectivity index (χ1n) is 12.2. The molecule has 4 aliphatic carbocycles. The lowest BCUT2D eigenvalue weighted by Gasteiger charge is -2.57. The van der Waals surface area contributed by atoms with E-state index in [9.17, 15) is 14.0 Å². The van der Waals surface area contributed by atoms with Crippen LogP contribution < -0.4 is 21.2 Å². The van der Waals surface area contributed by atoms with E-state index in [0.717, 1.165) is 28.7 Å². The number of carbonyl (C=O) groups excluding carboxylic acids is 2. The van der Waals surface area contributed by atoms with Crippen LogP contribution in [0, 0.1) is 23.6 Å². The smallest absolute Gasteiger partial charge is 0.366 e. The molecule has 4 fully saturated rings. The molecule has 1 aromatic heterocycles. The Morgan fingerprint density at radius 1 is 0.914 bits per heavy atom. The van der Waals surface area contributed by atoms with Crippen molar-refractivity contribution in [1.82, 2.24) is 21.3 Å². The predicted octanol–water partition coefficient (Wildman–Crippen LogP) is 4.78. The fraction of sp³-hybridized carbons (Fsp3) is 0.370. The number of urea groups is 1. The van der Waals surface area contributed by atoms with Crippen molar-refractivity contribution in [1.29, 1.82) is 0 Å². The fourth-order valence-corrected chi connectivity index (χ4v) is 6.98. The molecule has 2 aromatic carbocycles. The minimum absolute atomic E-state index is 0.0973. The summed E-state index contributed by atoms with van der Waals surface area (Å²) in [5, 5.41) is 1.12. The van der Waals surface area contributed by atoms with Gasteiger partial charge in [-0.15, -0.1) is 0 Å². The Bertz CT molecular complexity index is 1260. The highest BCUT2D eigenvalue weighted by atomic mass is 19.1. The molecule has 4 aliphatic rings. The van der Waals surface area contributed by atoms with Crippen LogP contribution in [-0.2, 0) is 5.41 Å². The largest absolute Gasteiger partial charge is 0.378 e. The minimum atomic E-state index is -0.773. The van der Waals surface area contributed by atoms with Crippen LogP contribution in [0.15, 0.2) is 54.6 Å². The maximum absolute atomic E-state index is 13.0. The van der Waals surface area contributed by atoms with E-state index >= 15 is 0 Å². The summed E-state index contributed by atoms with van der Waals surface area (Å²) in [6.45, 7) is 0. The summed E-state index contributed by atoms with van der Waals surface area (Å²) >= 11 is 0. The highest BCUT2D eigenvalue weighted by Crippen LogP contribution is 2.61. The standard InChI is InChI=1S/C27H27FN4O3/c28-19-5-7-20(8-6-19)35-32-26(34)31-30-25(33)24-12-22(21-3-1-2-4-23(21)29-24)27-13-16-9-17(14-27)11-18(10-16)15-27/h1-8,12,16-18H,9-11,13-15H2,(H,30,33)(H2,31,32,34). The number of hydrogen-bond donors (Lipinski definition) is 3. The number of amides is 3. The van der Waals surface area contributed by atoms with Crippen molar-refractivity contribution < 1.29 is 18.8 Å². The molecule has 7 rings (SSSR count). The first kappa shape index (κ1) is 21.8. The quantitative estimate of drug-likeness (QED) is 0.475.